The van der Waals surface area contributed by atoms with Crippen molar-refractivity contribution in [3.63, 3.8) is 0 Å². The van der Waals surface area contributed by atoms with Gasteiger partial charge >= 0.3 is 5.97 Å². The molecule has 0 N–H and O–H groups in total. The van der Waals surface area contributed by atoms with Crippen LogP contribution >= 0.6 is 0 Å². The molecule has 1 saturated heterocycles. The van der Waals surface area contributed by atoms with Crippen LogP contribution in [0.4, 0.5) is 0 Å². The van der Waals surface area contributed by atoms with Crippen molar-refractivity contribution in [1.29, 1.82) is 5.26 Å². The third kappa shape index (κ3) is 2.16. The van der Waals surface area contributed by atoms with Gasteiger partial charge in [-0.3, -0.25) is 4.79 Å². The maximum Gasteiger partial charge on any atom is 0.337 e. The summed E-state index contributed by atoms with van der Waals surface area (Å²) in [5.74, 6) is -0.898. The molecule has 2 aliphatic heterocycles. The van der Waals surface area contributed by atoms with Crippen LogP contribution in [0.15, 0.2) is 47.2 Å². The van der Waals surface area contributed by atoms with Gasteiger partial charge in [-0.2, -0.15) is 5.26 Å². The first-order valence-corrected chi connectivity index (χ1v) is 8.08. The van der Waals surface area contributed by atoms with Crippen LogP contribution in [0.1, 0.15) is 31.0 Å². The summed E-state index contributed by atoms with van der Waals surface area (Å²) in [6.45, 7) is 3.44. The Morgan fingerprint density at radius 3 is 2.76 bits per heavy atom. The fourth-order valence-electron chi connectivity index (χ4n) is 3.72. The summed E-state index contributed by atoms with van der Waals surface area (Å²) < 4.78 is 10.7. The van der Waals surface area contributed by atoms with Crippen LogP contribution in [0.25, 0.3) is 0 Å². The Morgan fingerprint density at radius 2 is 2.08 bits per heavy atom. The number of carbonyl (C=O) groups excluding carboxylic acids is 2. The number of likely N-dealkylation sites (tertiary alicyclic amines) is 1. The largest absolute Gasteiger partial charge is 0.458 e. The summed E-state index contributed by atoms with van der Waals surface area (Å²) in [6.07, 6.45) is 3.23. The molecule has 0 aromatic heterocycles. The zero-order valence-electron chi connectivity index (χ0n) is 13.9. The van der Waals surface area contributed by atoms with E-state index in [-0.39, 0.29) is 17.9 Å². The molecule has 0 saturated carbocycles. The topological polar surface area (TPSA) is 79.6 Å². The van der Waals surface area contributed by atoms with Gasteiger partial charge in [0.25, 0.3) is 12.2 Å². The summed E-state index contributed by atoms with van der Waals surface area (Å²) >= 11 is 0. The molecule has 2 heterocycles. The molecule has 1 amide bonds. The Kier molecular flexibility index (Phi) is 3.39. The monoisotopic (exact) mass is 336 g/mol. The van der Waals surface area contributed by atoms with Crippen LogP contribution in [-0.4, -0.2) is 23.1 Å². The van der Waals surface area contributed by atoms with Crippen LogP contribution in [0.3, 0.4) is 0 Å². The Morgan fingerprint density at radius 1 is 1.32 bits per heavy atom. The van der Waals surface area contributed by atoms with Gasteiger partial charge in [-0.15, -0.1) is 0 Å². The molecule has 25 heavy (non-hydrogen) atoms. The molecule has 1 fully saturated rings. The van der Waals surface area contributed by atoms with Gasteiger partial charge in [-0.25, -0.2) is 9.69 Å². The Hall–Kier alpha value is -3.07. The average Bonchev–Trinajstić information content (AvgIpc) is 3.18. The molecule has 6 nitrogen and oxygen atoms in total. The second kappa shape index (κ2) is 5.49. The van der Waals surface area contributed by atoms with E-state index in [1.54, 1.807) is 13.8 Å². The summed E-state index contributed by atoms with van der Waals surface area (Å²) in [5, 5.41) is 9.43. The molecule has 3 atom stereocenters. The second-order valence-electron chi connectivity index (χ2n) is 6.48. The number of ether oxygens (including phenoxy) is 2. The highest BCUT2D eigenvalue weighted by Gasteiger charge is 2.50. The SMILES string of the molecule is CC1=C(C)C(O/C=C2\C(=O)N(C#N)C3c4ccccc4CC23)OC1=O. The Bertz CT molecular complexity index is 893. The van der Waals surface area contributed by atoms with Gasteiger partial charge in [0.05, 0.1) is 17.9 Å². The van der Waals surface area contributed by atoms with Crippen LogP contribution in [-0.2, 0) is 25.5 Å². The number of nitriles is 1. The molecule has 3 unspecified atom stereocenters. The third-order valence-corrected chi connectivity index (χ3v) is 5.23. The zero-order valence-corrected chi connectivity index (χ0v) is 13.9. The van der Waals surface area contributed by atoms with Crippen molar-refractivity contribution in [2.24, 2.45) is 5.92 Å². The Labute approximate surface area is 144 Å². The lowest BCUT2D eigenvalue weighted by atomic mass is 9.97. The van der Waals surface area contributed by atoms with E-state index in [0.717, 1.165) is 11.1 Å². The highest BCUT2D eigenvalue weighted by Crippen LogP contribution is 2.49. The van der Waals surface area contributed by atoms with Gasteiger partial charge in [0.15, 0.2) is 6.19 Å². The molecule has 3 aliphatic rings. The van der Waals surface area contributed by atoms with Gasteiger partial charge in [-0.05, 0) is 31.4 Å². The predicted octanol–water partition coefficient (Wildman–Crippen LogP) is 2.34. The highest BCUT2D eigenvalue weighted by atomic mass is 16.7. The van der Waals surface area contributed by atoms with E-state index in [9.17, 15) is 14.9 Å². The minimum Gasteiger partial charge on any atom is -0.458 e. The van der Waals surface area contributed by atoms with Crippen molar-refractivity contribution in [2.75, 3.05) is 0 Å². The normalized spacial score (nSPS) is 28.9. The summed E-state index contributed by atoms with van der Waals surface area (Å²) in [6, 6.07) is 7.55. The molecule has 1 aromatic carbocycles. The third-order valence-electron chi connectivity index (χ3n) is 5.23. The van der Waals surface area contributed by atoms with Gasteiger partial charge in [0.1, 0.15) is 0 Å². The molecule has 1 aliphatic carbocycles. The molecule has 126 valence electrons. The first-order valence-electron chi connectivity index (χ1n) is 8.08. The fraction of sp³-hybridized carbons (Fsp3) is 0.316. The molecule has 0 bridgehead atoms. The van der Waals surface area contributed by atoms with Crippen LogP contribution < -0.4 is 0 Å². The van der Waals surface area contributed by atoms with Crippen LogP contribution in [0.5, 0.6) is 0 Å². The number of esters is 1. The number of hydrogen-bond donors (Lipinski definition) is 0. The predicted molar refractivity (Wildman–Crippen MR) is 86.3 cm³/mol. The van der Waals surface area contributed by atoms with E-state index in [1.807, 2.05) is 30.5 Å². The molecular formula is C19H16N2O4. The van der Waals surface area contributed by atoms with Crippen LogP contribution in [0, 0.1) is 17.4 Å². The minimum atomic E-state index is -0.814. The molecule has 0 radical (unpaired) electrons. The van der Waals surface area contributed by atoms with E-state index in [4.69, 9.17) is 9.47 Å². The fourth-order valence-corrected chi connectivity index (χ4v) is 3.72. The van der Waals surface area contributed by atoms with Crippen molar-refractivity contribution >= 4 is 11.9 Å². The number of nitrogens with zero attached hydrogens (tertiary/aromatic N) is 2. The molecular weight excluding hydrogens is 320 g/mol. The van der Waals surface area contributed by atoms with Crippen molar-refractivity contribution in [2.45, 2.75) is 32.6 Å². The highest BCUT2D eigenvalue weighted by molar-refractivity contribution is 5.98. The second-order valence-corrected chi connectivity index (χ2v) is 6.48. The van der Waals surface area contributed by atoms with Gasteiger partial charge in [-0.1, -0.05) is 24.3 Å². The van der Waals surface area contributed by atoms with Crippen molar-refractivity contribution in [3.05, 3.63) is 58.4 Å². The maximum absolute atomic E-state index is 12.6. The number of cyclic esters (lactones) is 1. The molecule has 6 heteroatoms. The Balaban J connectivity index is 1.65. The number of rotatable bonds is 2. The quantitative estimate of drug-likeness (QED) is 0.358. The van der Waals surface area contributed by atoms with E-state index in [0.29, 0.717) is 23.1 Å². The number of carbonyl (C=O) groups is 2. The van der Waals surface area contributed by atoms with Crippen molar-refractivity contribution in [3.8, 4) is 6.19 Å². The summed E-state index contributed by atoms with van der Waals surface area (Å²) in [5.41, 5.74) is 3.79. The standard InChI is InChI=1S/C19H16N2O4/c1-10-11(2)19(25-18(10)23)24-8-15-14-7-12-5-3-4-6-13(12)16(14)21(9-20)17(15)22/h3-6,8,14,16,19H,7H2,1-2H3/b15-8-. The smallest absolute Gasteiger partial charge is 0.337 e. The lowest BCUT2D eigenvalue weighted by molar-refractivity contribution is -0.153. The lowest BCUT2D eigenvalue weighted by Gasteiger charge is -2.15. The van der Waals surface area contributed by atoms with E-state index < -0.39 is 12.3 Å². The average molecular weight is 336 g/mol. The molecule has 4 rings (SSSR count). The molecule has 0 spiro atoms. The van der Waals surface area contributed by atoms with Crippen molar-refractivity contribution < 1.29 is 19.1 Å². The molecule has 1 aromatic rings. The van der Waals surface area contributed by atoms with Gasteiger partial charge in [0.2, 0.25) is 0 Å². The minimum absolute atomic E-state index is 0.132. The first-order chi connectivity index (χ1) is 12.0. The van der Waals surface area contributed by atoms with Gasteiger partial charge < -0.3 is 9.47 Å². The van der Waals surface area contributed by atoms with E-state index >= 15 is 0 Å². The lowest BCUT2D eigenvalue weighted by Crippen LogP contribution is -2.22. The number of fused-ring (bicyclic) bond motifs is 3. The summed E-state index contributed by atoms with van der Waals surface area (Å²) in [4.78, 5) is 25.4. The maximum atomic E-state index is 12.6. The van der Waals surface area contributed by atoms with Crippen molar-refractivity contribution in [1.82, 2.24) is 4.90 Å². The first kappa shape index (κ1) is 15.5. The van der Waals surface area contributed by atoms with E-state index in [2.05, 4.69) is 0 Å². The number of amides is 1. The number of hydrogen-bond acceptors (Lipinski definition) is 5. The van der Waals surface area contributed by atoms with Gasteiger partial charge in [0, 0.05) is 17.1 Å². The zero-order chi connectivity index (χ0) is 17.7. The van der Waals surface area contributed by atoms with E-state index in [1.165, 1.54) is 11.2 Å². The number of benzene rings is 1. The van der Waals surface area contributed by atoms with Crippen LogP contribution in [0.2, 0.25) is 0 Å². The summed E-state index contributed by atoms with van der Waals surface area (Å²) in [7, 11) is 0.